The molecule has 2 aromatic rings. The van der Waals surface area contributed by atoms with Crippen LogP contribution in [0.4, 0.5) is 4.39 Å². The number of ether oxygens (including phenoxy) is 1. The Morgan fingerprint density at radius 1 is 1.33 bits per heavy atom. The van der Waals surface area contributed by atoms with Crippen molar-refractivity contribution in [3.8, 4) is 5.75 Å². The second-order valence-electron chi connectivity index (χ2n) is 6.36. The minimum absolute atomic E-state index is 0.273. The summed E-state index contributed by atoms with van der Waals surface area (Å²) in [6, 6.07) is 5.12. The highest BCUT2D eigenvalue weighted by molar-refractivity contribution is 5.79. The van der Waals surface area contributed by atoms with Crippen molar-refractivity contribution < 1.29 is 13.7 Å². The van der Waals surface area contributed by atoms with Crippen molar-refractivity contribution in [3.05, 3.63) is 41.3 Å². The van der Waals surface area contributed by atoms with E-state index in [-0.39, 0.29) is 11.6 Å². The molecular weight excluding hydrogens is 351 g/mol. The summed E-state index contributed by atoms with van der Waals surface area (Å²) in [5.74, 6) is 1.91. The highest BCUT2D eigenvalue weighted by Gasteiger charge is 2.20. The van der Waals surface area contributed by atoms with Gasteiger partial charge in [-0.3, -0.25) is 9.89 Å². The number of benzene rings is 1. The van der Waals surface area contributed by atoms with Crippen molar-refractivity contribution in [1.29, 1.82) is 0 Å². The standard InChI is InChI=1S/C18H25FN6O2/c1-13-22-17(23-27-13)11-21-18(20-2)25-8-6-24(7-9-25)12-14-4-5-16(26-3)15(19)10-14/h4-5,10H,6-9,11-12H2,1-3H3,(H,20,21). The molecule has 1 aromatic carbocycles. The van der Waals surface area contributed by atoms with Crippen LogP contribution in [0.1, 0.15) is 17.3 Å². The minimum atomic E-state index is -0.324. The summed E-state index contributed by atoms with van der Waals surface area (Å²) >= 11 is 0. The van der Waals surface area contributed by atoms with E-state index >= 15 is 0 Å². The lowest BCUT2D eigenvalue weighted by molar-refractivity contribution is 0.172. The molecule has 1 N–H and O–H groups in total. The molecule has 2 heterocycles. The first-order chi connectivity index (χ1) is 13.1. The van der Waals surface area contributed by atoms with Gasteiger partial charge in [0.1, 0.15) is 0 Å². The SMILES string of the molecule is CN=C(NCc1noc(C)n1)N1CCN(Cc2ccc(OC)c(F)c2)CC1. The summed E-state index contributed by atoms with van der Waals surface area (Å²) in [6.45, 7) is 6.36. The maximum absolute atomic E-state index is 13.9. The molecular formula is C18H25FN6O2. The predicted molar refractivity (Wildman–Crippen MR) is 99.0 cm³/mol. The summed E-state index contributed by atoms with van der Waals surface area (Å²) in [4.78, 5) is 13.0. The third-order valence-electron chi connectivity index (χ3n) is 4.48. The average Bonchev–Trinajstić information content (AvgIpc) is 3.09. The predicted octanol–water partition coefficient (Wildman–Crippen LogP) is 1.42. The molecule has 0 bridgehead atoms. The molecule has 27 heavy (non-hydrogen) atoms. The zero-order chi connectivity index (χ0) is 19.2. The quantitative estimate of drug-likeness (QED) is 0.624. The first-order valence-corrected chi connectivity index (χ1v) is 8.88. The lowest BCUT2D eigenvalue weighted by atomic mass is 10.2. The smallest absolute Gasteiger partial charge is 0.223 e. The van der Waals surface area contributed by atoms with Crippen molar-refractivity contribution >= 4 is 5.96 Å². The Labute approximate surface area is 158 Å². The Kier molecular flexibility index (Phi) is 6.23. The average molecular weight is 376 g/mol. The Hall–Kier alpha value is -2.68. The molecule has 1 saturated heterocycles. The Bertz CT molecular complexity index is 786. The van der Waals surface area contributed by atoms with Crippen LogP contribution in [0.2, 0.25) is 0 Å². The fourth-order valence-electron chi connectivity index (χ4n) is 3.09. The van der Waals surface area contributed by atoms with Crippen LogP contribution in [-0.2, 0) is 13.1 Å². The van der Waals surface area contributed by atoms with Crippen molar-refractivity contribution in [3.63, 3.8) is 0 Å². The van der Waals surface area contributed by atoms with E-state index in [0.717, 1.165) is 37.7 Å². The molecule has 1 aliphatic heterocycles. The van der Waals surface area contributed by atoms with Crippen LogP contribution in [0, 0.1) is 12.7 Å². The van der Waals surface area contributed by atoms with Crippen molar-refractivity contribution in [2.45, 2.75) is 20.0 Å². The van der Waals surface area contributed by atoms with Gasteiger partial charge in [0, 0.05) is 46.7 Å². The molecule has 8 nitrogen and oxygen atoms in total. The molecule has 3 rings (SSSR count). The second kappa shape index (κ2) is 8.81. The zero-order valence-corrected chi connectivity index (χ0v) is 15.9. The summed E-state index contributed by atoms with van der Waals surface area (Å²) in [7, 11) is 3.23. The number of halogens is 1. The molecule has 0 unspecified atom stereocenters. The van der Waals surface area contributed by atoms with Gasteiger partial charge in [-0.15, -0.1) is 0 Å². The highest BCUT2D eigenvalue weighted by atomic mass is 19.1. The van der Waals surface area contributed by atoms with Gasteiger partial charge in [-0.2, -0.15) is 4.98 Å². The topological polar surface area (TPSA) is 79.0 Å². The zero-order valence-electron chi connectivity index (χ0n) is 15.9. The van der Waals surface area contributed by atoms with E-state index in [9.17, 15) is 4.39 Å². The Morgan fingerprint density at radius 3 is 2.70 bits per heavy atom. The van der Waals surface area contributed by atoms with Gasteiger partial charge in [-0.05, 0) is 17.7 Å². The minimum Gasteiger partial charge on any atom is -0.494 e. The third-order valence-corrected chi connectivity index (χ3v) is 4.48. The number of piperazine rings is 1. The molecule has 9 heteroatoms. The van der Waals surface area contributed by atoms with Gasteiger partial charge >= 0.3 is 0 Å². The fourth-order valence-corrected chi connectivity index (χ4v) is 3.09. The number of rotatable bonds is 5. The van der Waals surface area contributed by atoms with Crippen molar-refractivity contribution in [2.24, 2.45) is 4.99 Å². The summed E-state index contributed by atoms with van der Waals surface area (Å²) in [5.41, 5.74) is 0.941. The molecule has 1 aliphatic rings. The molecule has 0 spiro atoms. The lowest BCUT2D eigenvalue weighted by Crippen LogP contribution is -2.52. The second-order valence-corrected chi connectivity index (χ2v) is 6.36. The molecule has 0 saturated carbocycles. The number of nitrogens with one attached hydrogen (secondary N) is 1. The molecule has 1 fully saturated rings. The lowest BCUT2D eigenvalue weighted by Gasteiger charge is -2.36. The number of guanidine groups is 1. The highest BCUT2D eigenvalue weighted by Crippen LogP contribution is 2.19. The van der Waals surface area contributed by atoms with Crippen LogP contribution in [0.5, 0.6) is 5.75 Å². The molecule has 0 radical (unpaired) electrons. The van der Waals surface area contributed by atoms with Crippen molar-refractivity contribution in [2.75, 3.05) is 40.3 Å². The van der Waals surface area contributed by atoms with Crippen molar-refractivity contribution in [1.82, 2.24) is 25.3 Å². The largest absolute Gasteiger partial charge is 0.494 e. The van der Waals surface area contributed by atoms with Crippen LogP contribution >= 0.6 is 0 Å². The van der Waals surface area contributed by atoms with Gasteiger partial charge in [0.25, 0.3) is 0 Å². The first-order valence-electron chi connectivity index (χ1n) is 8.88. The Morgan fingerprint density at radius 2 is 2.11 bits per heavy atom. The fraction of sp³-hybridized carbons (Fsp3) is 0.500. The molecule has 1 aromatic heterocycles. The van der Waals surface area contributed by atoms with E-state index in [0.29, 0.717) is 24.8 Å². The molecule has 146 valence electrons. The Balaban J connectivity index is 1.49. The molecule has 0 aliphatic carbocycles. The number of nitrogens with zero attached hydrogens (tertiary/aromatic N) is 5. The van der Waals surface area contributed by atoms with Crippen LogP contribution < -0.4 is 10.1 Å². The molecule has 0 atom stereocenters. The first kappa shape index (κ1) is 19.1. The van der Waals surface area contributed by atoms with Gasteiger partial charge in [-0.1, -0.05) is 11.2 Å². The van der Waals surface area contributed by atoms with Crippen LogP contribution in [0.25, 0.3) is 0 Å². The van der Waals surface area contributed by atoms with Gasteiger partial charge in [0.2, 0.25) is 5.89 Å². The summed E-state index contributed by atoms with van der Waals surface area (Å²) in [5, 5.41) is 7.14. The van der Waals surface area contributed by atoms with Crippen LogP contribution in [-0.4, -0.2) is 66.2 Å². The number of methoxy groups -OCH3 is 1. The third kappa shape index (κ3) is 4.94. The van der Waals surface area contributed by atoms with E-state index in [1.54, 1.807) is 26.1 Å². The van der Waals surface area contributed by atoms with E-state index in [1.165, 1.54) is 7.11 Å². The summed E-state index contributed by atoms with van der Waals surface area (Å²) < 4.78 is 23.8. The van der Waals surface area contributed by atoms with Gasteiger partial charge < -0.3 is 19.5 Å². The molecule has 0 amide bonds. The van der Waals surface area contributed by atoms with Gasteiger partial charge in [0.05, 0.1) is 13.7 Å². The number of aliphatic imine (C=N–C) groups is 1. The monoisotopic (exact) mass is 376 g/mol. The number of aromatic nitrogens is 2. The van der Waals surface area contributed by atoms with Crippen LogP contribution in [0.3, 0.4) is 0 Å². The summed E-state index contributed by atoms with van der Waals surface area (Å²) in [6.07, 6.45) is 0. The van der Waals surface area contributed by atoms with E-state index < -0.39 is 0 Å². The number of hydrogen-bond acceptors (Lipinski definition) is 6. The van der Waals surface area contributed by atoms with Gasteiger partial charge in [-0.25, -0.2) is 4.39 Å². The normalized spacial score (nSPS) is 15.9. The number of hydrogen-bond donors (Lipinski definition) is 1. The maximum Gasteiger partial charge on any atom is 0.223 e. The van der Waals surface area contributed by atoms with E-state index in [4.69, 9.17) is 9.26 Å². The van der Waals surface area contributed by atoms with Gasteiger partial charge in [0.15, 0.2) is 23.4 Å². The van der Waals surface area contributed by atoms with Crippen LogP contribution in [0.15, 0.2) is 27.7 Å². The number of aryl methyl sites for hydroxylation is 1. The maximum atomic E-state index is 13.9. The van der Waals surface area contributed by atoms with E-state index in [1.807, 2.05) is 6.07 Å². The van der Waals surface area contributed by atoms with E-state index in [2.05, 4.69) is 30.2 Å².